The molecule has 1 aliphatic rings. The monoisotopic (exact) mass is 369 g/mol. The number of benzene rings is 1. The second-order valence-corrected chi connectivity index (χ2v) is 5.32. The number of ether oxygens (including phenoxy) is 1. The molecule has 1 aliphatic heterocycles. The van der Waals surface area contributed by atoms with Crippen molar-refractivity contribution in [1.82, 2.24) is 10.3 Å². The third-order valence-corrected chi connectivity index (χ3v) is 3.65. The lowest BCUT2D eigenvalue weighted by Crippen LogP contribution is -2.24. The van der Waals surface area contributed by atoms with Crippen molar-refractivity contribution >= 4 is 36.4 Å². The summed E-state index contributed by atoms with van der Waals surface area (Å²) in [7, 11) is 0. The van der Waals surface area contributed by atoms with E-state index in [1.807, 2.05) is 42.5 Å². The van der Waals surface area contributed by atoms with Gasteiger partial charge in [-0.05, 0) is 37.2 Å². The van der Waals surface area contributed by atoms with Crippen LogP contribution in [0.2, 0.25) is 0 Å². The van der Waals surface area contributed by atoms with E-state index in [-0.39, 0.29) is 36.6 Å². The zero-order valence-electron chi connectivity index (χ0n) is 13.1. The third-order valence-electron chi connectivity index (χ3n) is 3.65. The minimum atomic E-state index is 0. The SMILES string of the molecule is Cl.Cl.O=C(Nc1cccc(OCc2ccccn2)c1)C1CCNC1. The standard InChI is InChI=1S/C17H19N3O2.2ClH/c21-17(13-7-9-18-11-13)20-14-5-3-6-16(10-14)22-12-15-4-1-2-8-19-15;;/h1-6,8,10,13,18H,7,9,11-12H2,(H,20,21);2*1H. The van der Waals surface area contributed by atoms with Gasteiger partial charge in [0.15, 0.2) is 0 Å². The second-order valence-electron chi connectivity index (χ2n) is 5.32. The highest BCUT2D eigenvalue weighted by atomic mass is 35.5. The lowest BCUT2D eigenvalue weighted by molar-refractivity contribution is -0.119. The average Bonchev–Trinajstić information content (AvgIpc) is 3.09. The van der Waals surface area contributed by atoms with Crippen LogP contribution in [0.15, 0.2) is 48.7 Å². The third kappa shape index (κ3) is 5.67. The molecule has 24 heavy (non-hydrogen) atoms. The number of anilines is 1. The molecule has 2 heterocycles. The van der Waals surface area contributed by atoms with E-state index < -0.39 is 0 Å². The molecule has 2 N–H and O–H groups in total. The van der Waals surface area contributed by atoms with Crippen LogP contribution in [0.1, 0.15) is 12.1 Å². The van der Waals surface area contributed by atoms with Gasteiger partial charge in [0, 0.05) is 24.5 Å². The maximum atomic E-state index is 12.1. The molecule has 0 aliphatic carbocycles. The predicted octanol–water partition coefficient (Wildman–Crippen LogP) is 3.05. The molecule has 1 saturated heterocycles. The zero-order chi connectivity index (χ0) is 15.2. The predicted molar refractivity (Wildman–Crippen MR) is 99.1 cm³/mol. The van der Waals surface area contributed by atoms with Crippen molar-refractivity contribution in [2.45, 2.75) is 13.0 Å². The Hall–Kier alpha value is -1.82. The van der Waals surface area contributed by atoms with E-state index in [2.05, 4.69) is 15.6 Å². The highest BCUT2D eigenvalue weighted by molar-refractivity contribution is 5.93. The first-order valence-electron chi connectivity index (χ1n) is 7.45. The Bertz CT molecular complexity index is 635. The maximum absolute atomic E-state index is 12.1. The number of rotatable bonds is 5. The van der Waals surface area contributed by atoms with Crippen molar-refractivity contribution in [2.75, 3.05) is 18.4 Å². The lowest BCUT2D eigenvalue weighted by Gasteiger charge is -2.11. The van der Waals surface area contributed by atoms with Crippen LogP contribution in [0.25, 0.3) is 0 Å². The highest BCUT2D eigenvalue weighted by Crippen LogP contribution is 2.20. The Morgan fingerprint density at radius 3 is 2.83 bits per heavy atom. The molecule has 130 valence electrons. The molecule has 1 aromatic heterocycles. The van der Waals surface area contributed by atoms with E-state index in [1.54, 1.807) is 6.20 Å². The fourth-order valence-electron chi connectivity index (χ4n) is 2.43. The van der Waals surface area contributed by atoms with Crippen LogP contribution < -0.4 is 15.4 Å². The van der Waals surface area contributed by atoms with Gasteiger partial charge in [-0.2, -0.15) is 0 Å². The molecule has 0 saturated carbocycles. The summed E-state index contributed by atoms with van der Waals surface area (Å²) >= 11 is 0. The topological polar surface area (TPSA) is 63.2 Å². The van der Waals surface area contributed by atoms with Crippen LogP contribution in [0.4, 0.5) is 5.69 Å². The van der Waals surface area contributed by atoms with Gasteiger partial charge in [0.1, 0.15) is 12.4 Å². The summed E-state index contributed by atoms with van der Waals surface area (Å²) < 4.78 is 5.71. The molecule has 2 aromatic rings. The van der Waals surface area contributed by atoms with Crippen LogP contribution in [0, 0.1) is 5.92 Å². The quantitative estimate of drug-likeness (QED) is 0.849. The van der Waals surface area contributed by atoms with Crippen LogP contribution >= 0.6 is 24.8 Å². The molecule has 1 aromatic carbocycles. The fourth-order valence-corrected chi connectivity index (χ4v) is 2.43. The number of carbonyl (C=O) groups is 1. The summed E-state index contributed by atoms with van der Waals surface area (Å²) in [5, 5.41) is 6.14. The van der Waals surface area contributed by atoms with Gasteiger partial charge >= 0.3 is 0 Å². The van der Waals surface area contributed by atoms with Crippen molar-refractivity contribution in [3.8, 4) is 5.75 Å². The molecule has 1 unspecified atom stereocenters. The highest BCUT2D eigenvalue weighted by Gasteiger charge is 2.22. The molecule has 5 nitrogen and oxygen atoms in total. The minimum absolute atomic E-state index is 0. The number of nitrogens with one attached hydrogen (secondary N) is 2. The van der Waals surface area contributed by atoms with Gasteiger partial charge in [-0.3, -0.25) is 9.78 Å². The first-order valence-corrected chi connectivity index (χ1v) is 7.45. The Balaban J connectivity index is 0.00000144. The van der Waals surface area contributed by atoms with Crippen molar-refractivity contribution in [1.29, 1.82) is 0 Å². The summed E-state index contributed by atoms with van der Waals surface area (Å²) in [4.78, 5) is 16.3. The second kappa shape index (κ2) is 10.1. The van der Waals surface area contributed by atoms with Gasteiger partial charge in [0.05, 0.1) is 11.6 Å². The fraction of sp³-hybridized carbons (Fsp3) is 0.294. The van der Waals surface area contributed by atoms with E-state index >= 15 is 0 Å². The van der Waals surface area contributed by atoms with E-state index in [0.29, 0.717) is 12.4 Å². The number of aromatic nitrogens is 1. The number of nitrogens with zero attached hydrogens (tertiary/aromatic N) is 1. The summed E-state index contributed by atoms with van der Waals surface area (Å²) in [6.45, 7) is 2.07. The van der Waals surface area contributed by atoms with Gasteiger partial charge in [-0.1, -0.05) is 12.1 Å². The van der Waals surface area contributed by atoms with E-state index in [4.69, 9.17) is 4.74 Å². The minimum Gasteiger partial charge on any atom is -0.487 e. The largest absolute Gasteiger partial charge is 0.487 e. The Labute approximate surface area is 154 Å². The lowest BCUT2D eigenvalue weighted by atomic mass is 10.1. The van der Waals surface area contributed by atoms with E-state index in [9.17, 15) is 4.79 Å². The zero-order valence-corrected chi connectivity index (χ0v) is 14.7. The van der Waals surface area contributed by atoms with Crippen LogP contribution in [-0.2, 0) is 11.4 Å². The number of carbonyl (C=O) groups excluding carboxylic acids is 1. The molecular weight excluding hydrogens is 349 g/mol. The van der Waals surface area contributed by atoms with Gasteiger partial charge < -0.3 is 15.4 Å². The maximum Gasteiger partial charge on any atom is 0.228 e. The van der Waals surface area contributed by atoms with Crippen molar-refractivity contribution in [3.05, 3.63) is 54.4 Å². The van der Waals surface area contributed by atoms with Crippen molar-refractivity contribution in [2.24, 2.45) is 5.92 Å². The van der Waals surface area contributed by atoms with Gasteiger partial charge in [-0.15, -0.1) is 24.8 Å². The molecule has 1 atom stereocenters. The van der Waals surface area contributed by atoms with Gasteiger partial charge in [0.25, 0.3) is 0 Å². The average molecular weight is 370 g/mol. The molecule has 0 spiro atoms. The molecule has 1 amide bonds. The molecule has 0 radical (unpaired) electrons. The summed E-state index contributed by atoms with van der Waals surface area (Å²) in [6.07, 6.45) is 2.63. The van der Waals surface area contributed by atoms with E-state index in [1.165, 1.54) is 0 Å². The Morgan fingerprint density at radius 1 is 1.25 bits per heavy atom. The first kappa shape index (κ1) is 20.2. The van der Waals surface area contributed by atoms with Crippen LogP contribution in [-0.4, -0.2) is 24.0 Å². The number of amides is 1. The normalized spacial score (nSPS) is 15.8. The molecule has 7 heteroatoms. The summed E-state index contributed by atoms with van der Waals surface area (Å²) in [6, 6.07) is 13.2. The molecular formula is C17H21Cl2N3O2. The van der Waals surface area contributed by atoms with Crippen LogP contribution in [0.5, 0.6) is 5.75 Å². The van der Waals surface area contributed by atoms with Gasteiger partial charge in [0.2, 0.25) is 5.91 Å². The van der Waals surface area contributed by atoms with Crippen molar-refractivity contribution < 1.29 is 9.53 Å². The van der Waals surface area contributed by atoms with E-state index in [0.717, 1.165) is 30.9 Å². The summed E-state index contributed by atoms with van der Waals surface area (Å²) in [5.41, 5.74) is 1.63. The molecule has 0 bridgehead atoms. The number of hydrogen-bond donors (Lipinski definition) is 2. The number of pyridine rings is 1. The smallest absolute Gasteiger partial charge is 0.228 e. The first-order chi connectivity index (χ1) is 10.8. The molecule has 1 fully saturated rings. The van der Waals surface area contributed by atoms with Crippen molar-refractivity contribution in [3.63, 3.8) is 0 Å². The Morgan fingerprint density at radius 2 is 2.12 bits per heavy atom. The molecule has 3 rings (SSSR count). The summed E-state index contributed by atoms with van der Waals surface area (Å²) in [5.74, 6) is 0.831. The van der Waals surface area contributed by atoms with Gasteiger partial charge in [-0.25, -0.2) is 0 Å². The van der Waals surface area contributed by atoms with Crippen LogP contribution in [0.3, 0.4) is 0 Å². The number of halogens is 2. The number of hydrogen-bond acceptors (Lipinski definition) is 4. The Kier molecular flexibility index (Phi) is 8.54.